The van der Waals surface area contributed by atoms with Crippen molar-refractivity contribution in [2.45, 2.75) is 6.92 Å². The molecule has 5 heteroatoms. The Morgan fingerprint density at radius 2 is 2.00 bits per heavy atom. The van der Waals surface area contributed by atoms with Gasteiger partial charge in [-0.25, -0.2) is 0 Å². The summed E-state index contributed by atoms with van der Waals surface area (Å²) in [6, 6.07) is 9.88. The molecular weight excluding hydrogens is 330 g/mol. The zero-order valence-electron chi connectivity index (χ0n) is 10.1. The Balaban J connectivity index is 2.20. The topological polar surface area (TPSA) is 49.3 Å². The fraction of sp³-hybridized carbons (Fsp3) is 0.0714. The third-order valence-electron chi connectivity index (χ3n) is 2.63. The molecule has 0 unspecified atom stereocenters. The van der Waals surface area contributed by atoms with Gasteiger partial charge in [-0.3, -0.25) is 4.79 Å². The fourth-order valence-corrected chi connectivity index (χ4v) is 2.00. The Morgan fingerprint density at radius 3 is 2.63 bits per heavy atom. The molecule has 19 heavy (non-hydrogen) atoms. The van der Waals surface area contributed by atoms with Crippen LogP contribution in [0.5, 0.6) is 5.75 Å². The van der Waals surface area contributed by atoms with E-state index in [9.17, 15) is 9.90 Å². The van der Waals surface area contributed by atoms with Crippen molar-refractivity contribution in [1.82, 2.24) is 0 Å². The number of aromatic hydroxyl groups is 1. The van der Waals surface area contributed by atoms with E-state index in [0.717, 1.165) is 10.0 Å². The molecule has 2 N–H and O–H groups in total. The molecule has 1 amide bonds. The summed E-state index contributed by atoms with van der Waals surface area (Å²) in [4.78, 5) is 12.0. The smallest absolute Gasteiger partial charge is 0.255 e. The van der Waals surface area contributed by atoms with E-state index in [4.69, 9.17) is 11.6 Å². The first-order chi connectivity index (χ1) is 8.97. The van der Waals surface area contributed by atoms with Crippen LogP contribution in [0.1, 0.15) is 15.9 Å². The van der Waals surface area contributed by atoms with Crippen molar-refractivity contribution in [3.05, 3.63) is 57.0 Å². The Bertz CT molecular complexity index is 643. The molecule has 3 nitrogen and oxygen atoms in total. The van der Waals surface area contributed by atoms with Crippen LogP contribution in [0.25, 0.3) is 0 Å². The lowest BCUT2D eigenvalue weighted by molar-refractivity contribution is 0.102. The van der Waals surface area contributed by atoms with Gasteiger partial charge in [-0.1, -0.05) is 27.5 Å². The van der Waals surface area contributed by atoms with Gasteiger partial charge in [-0.2, -0.15) is 0 Å². The summed E-state index contributed by atoms with van der Waals surface area (Å²) in [6.45, 7) is 1.91. The molecule has 0 saturated carbocycles. The van der Waals surface area contributed by atoms with Gasteiger partial charge in [-0.05, 0) is 48.9 Å². The number of halogens is 2. The van der Waals surface area contributed by atoms with Gasteiger partial charge in [0, 0.05) is 15.7 Å². The minimum atomic E-state index is -0.225. The molecule has 2 aromatic rings. The average Bonchev–Trinajstić information content (AvgIpc) is 2.37. The molecule has 0 heterocycles. The van der Waals surface area contributed by atoms with E-state index in [1.807, 2.05) is 13.0 Å². The van der Waals surface area contributed by atoms with Gasteiger partial charge in [0.1, 0.15) is 5.75 Å². The van der Waals surface area contributed by atoms with E-state index in [1.54, 1.807) is 18.2 Å². The first-order valence-electron chi connectivity index (χ1n) is 5.53. The van der Waals surface area contributed by atoms with Crippen LogP contribution in [0.2, 0.25) is 5.02 Å². The number of carbonyl (C=O) groups excluding carboxylic acids is 1. The van der Waals surface area contributed by atoms with Gasteiger partial charge in [-0.15, -0.1) is 0 Å². The van der Waals surface area contributed by atoms with E-state index in [2.05, 4.69) is 21.2 Å². The van der Waals surface area contributed by atoms with Gasteiger partial charge in [0.05, 0.1) is 5.02 Å². The van der Waals surface area contributed by atoms with Crippen molar-refractivity contribution in [3.63, 3.8) is 0 Å². The molecule has 2 aromatic carbocycles. The van der Waals surface area contributed by atoms with E-state index < -0.39 is 0 Å². The van der Waals surface area contributed by atoms with E-state index >= 15 is 0 Å². The lowest BCUT2D eigenvalue weighted by Gasteiger charge is -2.07. The van der Waals surface area contributed by atoms with Crippen LogP contribution >= 0.6 is 27.5 Å². The highest BCUT2D eigenvalue weighted by atomic mass is 79.9. The maximum absolute atomic E-state index is 12.0. The predicted octanol–water partition coefficient (Wildman–Crippen LogP) is 4.37. The zero-order chi connectivity index (χ0) is 14.0. The average molecular weight is 341 g/mol. The molecule has 0 bridgehead atoms. The highest BCUT2D eigenvalue weighted by molar-refractivity contribution is 9.10. The quantitative estimate of drug-likeness (QED) is 0.798. The molecule has 0 aliphatic heterocycles. The number of hydrogen-bond acceptors (Lipinski definition) is 2. The molecule has 0 aliphatic carbocycles. The number of amides is 1. The lowest BCUT2D eigenvalue weighted by Crippen LogP contribution is -2.11. The van der Waals surface area contributed by atoms with E-state index in [-0.39, 0.29) is 16.7 Å². The fourth-order valence-electron chi connectivity index (χ4n) is 1.57. The van der Waals surface area contributed by atoms with Gasteiger partial charge >= 0.3 is 0 Å². The third kappa shape index (κ3) is 3.28. The number of benzene rings is 2. The van der Waals surface area contributed by atoms with E-state index in [0.29, 0.717) is 11.3 Å². The van der Waals surface area contributed by atoms with Crippen LogP contribution in [0, 0.1) is 6.92 Å². The minimum absolute atomic E-state index is 0.0147. The second-order valence-electron chi connectivity index (χ2n) is 4.08. The molecule has 0 spiro atoms. The number of rotatable bonds is 2. The van der Waals surface area contributed by atoms with E-state index in [1.165, 1.54) is 12.1 Å². The van der Waals surface area contributed by atoms with Crippen molar-refractivity contribution >= 4 is 39.1 Å². The number of anilines is 1. The molecule has 0 fully saturated rings. The highest BCUT2D eigenvalue weighted by Crippen LogP contribution is 2.26. The van der Waals surface area contributed by atoms with Gasteiger partial charge < -0.3 is 10.4 Å². The lowest BCUT2D eigenvalue weighted by atomic mass is 10.1. The summed E-state index contributed by atoms with van der Waals surface area (Å²) >= 11 is 9.17. The molecule has 98 valence electrons. The van der Waals surface area contributed by atoms with Crippen molar-refractivity contribution < 1.29 is 9.90 Å². The minimum Gasteiger partial charge on any atom is -0.506 e. The van der Waals surface area contributed by atoms with Crippen molar-refractivity contribution in [3.8, 4) is 5.75 Å². The van der Waals surface area contributed by atoms with Crippen molar-refractivity contribution in [2.75, 3.05) is 5.32 Å². The van der Waals surface area contributed by atoms with Gasteiger partial charge in [0.2, 0.25) is 0 Å². The van der Waals surface area contributed by atoms with Gasteiger partial charge in [0.25, 0.3) is 5.91 Å². The van der Waals surface area contributed by atoms with Crippen LogP contribution in [0.4, 0.5) is 5.69 Å². The number of carbonyl (C=O) groups is 1. The highest BCUT2D eigenvalue weighted by Gasteiger charge is 2.08. The first-order valence-corrected chi connectivity index (χ1v) is 6.70. The summed E-state index contributed by atoms with van der Waals surface area (Å²) < 4.78 is 0.955. The summed E-state index contributed by atoms with van der Waals surface area (Å²) in [5.41, 5.74) is 2.08. The zero-order valence-corrected chi connectivity index (χ0v) is 12.4. The van der Waals surface area contributed by atoms with Crippen LogP contribution < -0.4 is 5.32 Å². The third-order valence-corrected chi connectivity index (χ3v) is 3.82. The molecular formula is C14H11BrClNO2. The van der Waals surface area contributed by atoms with Crippen molar-refractivity contribution in [2.24, 2.45) is 0 Å². The second-order valence-corrected chi connectivity index (χ2v) is 5.35. The summed E-state index contributed by atoms with van der Waals surface area (Å²) in [5, 5.41) is 12.2. The Labute approximate surface area is 124 Å². The molecule has 0 radical (unpaired) electrons. The van der Waals surface area contributed by atoms with Crippen LogP contribution in [-0.4, -0.2) is 11.0 Å². The molecule has 0 saturated heterocycles. The number of hydrogen-bond donors (Lipinski definition) is 2. The second kappa shape index (κ2) is 5.63. The summed E-state index contributed by atoms with van der Waals surface area (Å²) in [7, 11) is 0. The Hall–Kier alpha value is -1.52. The summed E-state index contributed by atoms with van der Waals surface area (Å²) in [5.74, 6) is -0.239. The monoisotopic (exact) mass is 339 g/mol. The molecule has 0 aromatic heterocycles. The van der Waals surface area contributed by atoms with Crippen LogP contribution in [0.15, 0.2) is 40.9 Å². The maximum atomic E-state index is 12.0. The Kier molecular flexibility index (Phi) is 4.12. The van der Waals surface area contributed by atoms with Gasteiger partial charge in [0.15, 0.2) is 0 Å². The molecule has 2 rings (SSSR count). The number of aryl methyl sites for hydroxylation is 1. The standard InChI is InChI=1S/C14H11BrClNO2/c1-8-6-9(2-4-11(8)15)14(19)17-10-3-5-13(18)12(16)7-10/h2-7,18H,1H3,(H,17,19). The van der Waals surface area contributed by atoms with Crippen LogP contribution in [0.3, 0.4) is 0 Å². The predicted molar refractivity (Wildman–Crippen MR) is 79.9 cm³/mol. The first kappa shape index (κ1) is 13.9. The molecule has 0 aliphatic rings. The number of phenols is 1. The SMILES string of the molecule is Cc1cc(C(=O)Nc2ccc(O)c(Cl)c2)ccc1Br. The number of phenolic OH excluding ortho intramolecular Hbond substituents is 1. The van der Waals surface area contributed by atoms with Crippen molar-refractivity contribution in [1.29, 1.82) is 0 Å². The molecule has 0 atom stereocenters. The summed E-state index contributed by atoms with van der Waals surface area (Å²) in [6.07, 6.45) is 0. The maximum Gasteiger partial charge on any atom is 0.255 e. The number of nitrogens with one attached hydrogen (secondary N) is 1. The Morgan fingerprint density at radius 1 is 1.26 bits per heavy atom. The largest absolute Gasteiger partial charge is 0.506 e. The normalized spacial score (nSPS) is 10.3. The van der Waals surface area contributed by atoms with Crippen LogP contribution in [-0.2, 0) is 0 Å².